The Morgan fingerprint density at radius 3 is 2.53 bits per heavy atom. The average molecular weight is 206 g/mol. The molecule has 1 heterocycles. The van der Waals surface area contributed by atoms with E-state index in [1.807, 2.05) is 13.5 Å². The molecule has 2 nitrogen and oxygen atoms in total. The summed E-state index contributed by atoms with van der Waals surface area (Å²) in [6, 6.07) is 0. The second-order valence-corrected chi connectivity index (χ2v) is 4.22. The molecule has 0 aromatic heterocycles. The molecule has 1 saturated heterocycles. The van der Waals surface area contributed by atoms with Crippen molar-refractivity contribution in [2.75, 3.05) is 0 Å². The topological polar surface area (TPSA) is 18.5 Å². The van der Waals surface area contributed by atoms with Crippen molar-refractivity contribution in [1.29, 1.82) is 0 Å². The number of hydrogen-bond acceptors (Lipinski definition) is 2. The summed E-state index contributed by atoms with van der Waals surface area (Å²) in [5, 5.41) is 0. The SMILES string of the molecule is CCCCCC[C@@H]1O[C@H](C)O[CH-][C@H]1C.[Li+]. The van der Waals surface area contributed by atoms with E-state index in [-0.39, 0.29) is 25.2 Å². The summed E-state index contributed by atoms with van der Waals surface area (Å²) < 4.78 is 11.0. The van der Waals surface area contributed by atoms with Gasteiger partial charge in [0.2, 0.25) is 0 Å². The number of hydrogen-bond donors (Lipinski definition) is 0. The Morgan fingerprint density at radius 1 is 1.13 bits per heavy atom. The summed E-state index contributed by atoms with van der Waals surface area (Å²) >= 11 is 0. The quantitative estimate of drug-likeness (QED) is 0.371. The fraction of sp³-hybridized carbons (Fsp3) is 0.917. The van der Waals surface area contributed by atoms with Crippen LogP contribution in [0.25, 0.3) is 0 Å². The third-order valence-electron chi connectivity index (χ3n) is 2.78. The molecule has 1 aliphatic heterocycles. The molecule has 0 radical (unpaired) electrons. The van der Waals surface area contributed by atoms with Gasteiger partial charge in [0.15, 0.2) is 0 Å². The molecule has 0 amide bonds. The van der Waals surface area contributed by atoms with Crippen molar-refractivity contribution in [3.63, 3.8) is 0 Å². The Morgan fingerprint density at radius 2 is 1.87 bits per heavy atom. The van der Waals surface area contributed by atoms with E-state index < -0.39 is 0 Å². The Labute approximate surface area is 106 Å². The summed E-state index contributed by atoms with van der Waals surface area (Å²) in [5.74, 6) is 0.438. The normalized spacial score (nSPS) is 31.0. The zero-order valence-corrected chi connectivity index (χ0v) is 10.7. The van der Waals surface area contributed by atoms with Crippen molar-refractivity contribution in [3.8, 4) is 0 Å². The Hall–Kier alpha value is 0.517. The third kappa shape index (κ3) is 5.97. The predicted molar refractivity (Wildman–Crippen MR) is 57.6 cm³/mol. The van der Waals surface area contributed by atoms with Gasteiger partial charge < -0.3 is 9.47 Å². The molecule has 0 bridgehead atoms. The van der Waals surface area contributed by atoms with Crippen LogP contribution in [0, 0.1) is 12.5 Å². The van der Waals surface area contributed by atoms with Crippen LogP contribution in [0.3, 0.4) is 0 Å². The fourth-order valence-electron chi connectivity index (χ4n) is 1.83. The molecular formula is C12H23LiO2. The molecular weight excluding hydrogens is 183 g/mol. The monoisotopic (exact) mass is 206 g/mol. The van der Waals surface area contributed by atoms with Crippen molar-refractivity contribution >= 4 is 0 Å². The predicted octanol–water partition coefficient (Wildman–Crippen LogP) is 0.520. The molecule has 0 aliphatic carbocycles. The van der Waals surface area contributed by atoms with E-state index in [4.69, 9.17) is 9.47 Å². The first-order valence-electron chi connectivity index (χ1n) is 5.88. The number of ether oxygens (including phenoxy) is 2. The summed E-state index contributed by atoms with van der Waals surface area (Å²) in [5.41, 5.74) is 0. The van der Waals surface area contributed by atoms with Crippen LogP contribution >= 0.6 is 0 Å². The second-order valence-electron chi connectivity index (χ2n) is 4.22. The van der Waals surface area contributed by atoms with Gasteiger partial charge in [0, 0.05) is 6.10 Å². The third-order valence-corrected chi connectivity index (χ3v) is 2.78. The first-order chi connectivity index (χ1) is 6.74. The van der Waals surface area contributed by atoms with Crippen molar-refractivity contribution in [2.45, 2.75) is 65.3 Å². The van der Waals surface area contributed by atoms with Gasteiger partial charge in [-0.05, 0) is 13.3 Å². The van der Waals surface area contributed by atoms with Crippen LogP contribution in [-0.4, -0.2) is 12.4 Å². The molecule has 1 rings (SSSR count). The molecule has 3 heteroatoms. The zero-order chi connectivity index (χ0) is 10.4. The molecule has 0 aromatic rings. The Kier molecular flexibility index (Phi) is 8.94. The number of rotatable bonds is 5. The minimum atomic E-state index is -0.0534. The van der Waals surface area contributed by atoms with Crippen LogP contribution in [0.15, 0.2) is 0 Å². The summed E-state index contributed by atoms with van der Waals surface area (Å²) in [7, 11) is 0. The van der Waals surface area contributed by atoms with Crippen LogP contribution in [-0.2, 0) is 9.47 Å². The van der Waals surface area contributed by atoms with Crippen molar-refractivity contribution in [1.82, 2.24) is 0 Å². The molecule has 0 spiro atoms. The van der Waals surface area contributed by atoms with Crippen LogP contribution in [0.4, 0.5) is 0 Å². The molecule has 0 saturated carbocycles. The van der Waals surface area contributed by atoms with Gasteiger partial charge in [-0.25, -0.2) is 6.61 Å². The van der Waals surface area contributed by atoms with Crippen molar-refractivity contribution in [3.05, 3.63) is 6.61 Å². The van der Waals surface area contributed by atoms with E-state index in [2.05, 4.69) is 13.8 Å². The van der Waals surface area contributed by atoms with Crippen LogP contribution in [0.5, 0.6) is 0 Å². The van der Waals surface area contributed by atoms with Crippen LogP contribution < -0.4 is 18.9 Å². The zero-order valence-electron chi connectivity index (χ0n) is 10.7. The van der Waals surface area contributed by atoms with Gasteiger partial charge in [-0.1, -0.05) is 39.5 Å². The summed E-state index contributed by atoms with van der Waals surface area (Å²) in [6.07, 6.45) is 6.74. The summed E-state index contributed by atoms with van der Waals surface area (Å²) in [6.45, 7) is 8.29. The summed E-state index contributed by atoms with van der Waals surface area (Å²) in [4.78, 5) is 0. The molecule has 0 aromatic carbocycles. The first-order valence-corrected chi connectivity index (χ1v) is 5.88. The molecule has 1 fully saturated rings. The van der Waals surface area contributed by atoms with Gasteiger partial charge >= 0.3 is 18.9 Å². The minimum Gasteiger partial charge on any atom is -0.529 e. The van der Waals surface area contributed by atoms with E-state index in [1.165, 1.54) is 32.1 Å². The van der Waals surface area contributed by atoms with E-state index in [0.29, 0.717) is 12.0 Å². The van der Waals surface area contributed by atoms with Gasteiger partial charge in [0.1, 0.15) is 6.29 Å². The van der Waals surface area contributed by atoms with Crippen molar-refractivity contribution in [2.24, 2.45) is 5.92 Å². The van der Waals surface area contributed by atoms with Gasteiger partial charge in [-0.2, -0.15) is 0 Å². The first kappa shape index (κ1) is 15.5. The van der Waals surface area contributed by atoms with Crippen LogP contribution in [0.1, 0.15) is 52.9 Å². The van der Waals surface area contributed by atoms with Gasteiger partial charge in [-0.3, -0.25) is 0 Å². The van der Waals surface area contributed by atoms with E-state index in [0.717, 1.165) is 0 Å². The average Bonchev–Trinajstić information content (AvgIpc) is 2.18. The second kappa shape index (κ2) is 8.64. The minimum absolute atomic E-state index is 0. The van der Waals surface area contributed by atoms with Gasteiger partial charge in [-0.15, -0.1) is 5.92 Å². The van der Waals surface area contributed by atoms with Crippen molar-refractivity contribution < 1.29 is 28.3 Å². The fourth-order valence-corrected chi connectivity index (χ4v) is 1.83. The number of unbranched alkanes of at least 4 members (excludes halogenated alkanes) is 3. The van der Waals surface area contributed by atoms with E-state index in [1.54, 1.807) is 0 Å². The molecule has 84 valence electrons. The largest absolute Gasteiger partial charge is 1.00 e. The molecule has 3 atom stereocenters. The Bertz CT molecular complexity index is 153. The molecule has 1 aliphatic rings. The van der Waals surface area contributed by atoms with E-state index >= 15 is 0 Å². The Balaban J connectivity index is 0.00000196. The van der Waals surface area contributed by atoms with Gasteiger partial charge in [0.05, 0.1) is 0 Å². The van der Waals surface area contributed by atoms with Crippen LogP contribution in [0.2, 0.25) is 0 Å². The van der Waals surface area contributed by atoms with Gasteiger partial charge in [0.25, 0.3) is 0 Å². The molecule has 0 N–H and O–H groups in total. The maximum atomic E-state index is 5.73. The standard InChI is InChI=1S/C12H23O2.Li/c1-4-5-6-7-8-12-10(2)9-13-11(3)14-12;/h9-12H,4-8H2,1-3H3;/q-1;+1/t10-,11-,12+;/m1./s1. The molecule has 0 unspecified atom stereocenters. The maximum absolute atomic E-state index is 5.73. The van der Waals surface area contributed by atoms with E-state index in [9.17, 15) is 0 Å². The maximum Gasteiger partial charge on any atom is 1.00 e. The smallest absolute Gasteiger partial charge is 0.529 e. The molecule has 15 heavy (non-hydrogen) atoms.